The fourth-order valence-corrected chi connectivity index (χ4v) is 1.57. The van der Waals surface area contributed by atoms with E-state index in [9.17, 15) is 0 Å². The first kappa shape index (κ1) is 14.0. The van der Waals surface area contributed by atoms with Crippen molar-refractivity contribution in [3.8, 4) is 12.1 Å². The molecule has 1 aromatic heterocycles. The van der Waals surface area contributed by atoms with Crippen molar-refractivity contribution in [3.63, 3.8) is 0 Å². The van der Waals surface area contributed by atoms with E-state index < -0.39 is 0 Å². The maximum absolute atomic E-state index is 8.61. The van der Waals surface area contributed by atoms with Crippen molar-refractivity contribution in [2.45, 2.75) is 0 Å². The average Bonchev–Trinajstić information content (AvgIpc) is 2.55. The lowest BCUT2D eigenvalue weighted by Gasteiger charge is -2.01. The molecule has 100 valence electrons. The molecule has 5 nitrogen and oxygen atoms in total. The van der Waals surface area contributed by atoms with Gasteiger partial charge in [0.2, 0.25) is 5.71 Å². The lowest BCUT2D eigenvalue weighted by atomic mass is 10.1. The Kier molecular flexibility index (Phi) is 4.81. The highest BCUT2D eigenvalue weighted by Gasteiger charge is 1.95. The number of hydrogen-bond acceptors (Lipinski definition) is 5. The molecule has 1 aromatic carbocycles. The highest BCUT2D eigenvalue weighted by atomic mass is 15.3. The van der Waals surface area contributed by atoms with Crippen LogP contribution in [0.3, 0.4) is 0 Å². The molecule has 0 unspecified atom stereocenters. The van der Waals surface area contributed by atoms with Crippen molar-refractivity contribution in [1.29, 1.82) is 10.5 Å². The summed E-state index contributed by atoms with van der Waals surface area (Å²) in [6, 6.07) is 14.7. The molecule has 0 spiro atoms. The molecule has 2 rings (SSSR count). The van der Waals surface area contributed by atoms with Gasteiger partial charge in [-0.1, -0.05) is 24.3 Å². The third-order valence-corrected chi connectivity index (χ3v) is 2.57. The van der Waals surface area contributed by atoms with E-state index in [1.807, 2.05) is 42.5 Å². The van der Waals surface area contributed by atoms with Gasteiger partial charge in [0.15, 0.2) is 0 Å². The molecule has 0 amide bonds. The summed E-state index contributed by atoms with van der Waals surface area (Å²) in [5.74, 6) is 0. The summed E-state index contributed by atoms with van der Waals surface area (Å²) >= 11 is 0. The summed E-state index contributed by atoms with van der Waals surface area (Å²) in [6.07, 6.45) is 7.40. The van der Waals surface area contributed by atoms with Crippen LogP contribution in [0.15, 0.2) is 53.9 Å². The number of benzene rings is 1. The van der Waals surface area contributed by atoms with Gasteiger partial charge in [-0.25, -0.2) is 0 Å². The number of aromatic nitrogens is 1. The first-order valence-corrected chi connectivity index (χ1v) is 6.14. The zero-order valence-electron chi connectivity index (χ0n) is 11.1. The van der Waals surface area contributed by atoms with Gasteiger partial charge in [0.1, 0.15) is 12.1 Å². The van der Waals surface area contributed by atoms with Crippen LogP contribution in [0, 0.1) is 22.7 Å². The third kappa shape index (κ3) is 4.30. The van der Waals surface area contributed by atoms with E-state index in [1.165, 1.54) is 0 Å². The summed E-state index contributed by atoms with van der Waals surface area (Å²) in [4.78, 5) is 3.96. The molecule has 0 atom stereocenters. The second-order valence-corrected chi connectivity index (χ2v) is 4.04. The van der Waals surface area contributed by atoms with Gasteiger partial charge in [-0.05, 0) is 35.4 Å². The van der Waals surface area contributed by atoms with Gasteiger partial charge in [-0.3, -0.25) is 10.4 Å². The van der Waals surface area contributed by atoms with Crippen LogP contribution in [0.4, 0.5) is 5.69 Å². The first-order chi connectivity index (χ1) is 10.3. The van der Waals surface area contributed by atoms with Crippen molar-refractivity contribution in [3.05, 3.63) is 59.9 Å². The molecule has 0 aliphatic carbocycles. The molecule has 1 heterocycles. The van der Waals surface area contributed by atoms with E-state index in [1.54, 1.807) is 30.6 Å². The van der Waals surface area contributed by atoms with Crippen LogP contribution in [0.2, 0.25) is 0 Å². The van der Waals surface area contributed by atoms with Crippen LogP contribution in [-0.4, -0.2) is 10.7 Å². The van der Waals surface area contributed by atoms with E-state index in [4.69, 9.17) is 10.5 Å². The van der Waals surface area contributed by atoms with Crippen LogP contribution >= 0.6 is 0 Å². The number of nitriles is 2. The topological polar surface area (TPSA) is 84.9 Å². The molecular weight excluding hydrogens is 262 g/mol. The SMILES string of the molecule is N#CC(C#N)=NNc1cccc(C=Cc2ccncc2)c1. The molecule has 21 heavy (non-hydrogen) atoms. The van der Waals surface area contributed by atoms with Crippen molar-refractivity contribution in [2.75, 3.05) is 5.43 Å². The van der Waals surface area contributed by atoms with Gasteiger partial charge in [0.25, 0.3) is 0 Å². The largest absolute Gasteiger partial charge is 0.276 e. The smallest absolute Gasteiger partial charge is 0.237 e. The molecule has 1 N–H and O–H groups in total. The van der Waals surface area contributed by atoms with Crippen molar-refractivity contribution in [2.24, 2.45) is 5.10 Å². The fourth-order valence-electron chi connectivity index (χ4n) is 1.57. The monoisotopic (exact) mass is 273 g/mol. The fraction of sp³-hybridized carbons (Fsp3) is 0. The molecule has 2 aromatic rings. The zero-order chi connectivity index (χ0) is 14.9. The average molecular weight is 273 g/mol. The summed E-state index contributed by atoms with van der Waals surface area (Å²) in [6.45, 7) is 0. The predicted molar refractivity (Wildman–Crippen MR) is 81.9 cm³/mol. The second-order valence-electron chi connectivity index (χ2n) is 4.04. The maximum Gasteiger partial charge on any atom is 0.237 e. The molecule has 0 aliphatic heterocycles. The standard InChI is InChI=1S/C16H11N5/c17-11-16(12-18)21-20-15-3-1-2-14(10-15)5-4-13-6-8-19-9-7-13/h1-10,20H. The second kappa shape index (κ2) is 7.22. The molecule has 0 saturated heterocycles. The Hall–Kier alpha value is -3.44. The quantitative estimate of drug-likeness (QED) is 0.685. The molecular formula is C16H11N5. The minimum Gasteiger partial charge on any atom is -0.276 e. The Balaban J connectivity index is 2.12. The van der Waals surface area contributed by atoms with Gasteiger partial charge < -0.3 is 0 Å². The van der Waals surface area contributed by atoms with E-state index in [0.717, 1.165) is 11.1 Å². The number of anilines is 1. The molecule has 0 bridgehead atoms. The van der Waals surface area contributed by atoms with Crippen molar-refractivity contribution >= 4 is 23.6 Å². The van der Waals surface area contributed by atoms with Gasteiger partial charge in [0, 0.05) is 12.4 Å². The number of rotatable bonds is 4. The lowest BCUT2D eigenvalue weighted by molar-refractivity contribution is 1.32. The number of nitrogens with one attached hydrogen (secondary N) is 1. The van der Waals surface area contributed by atoms with E-state index in [0.29, 0.717) is 5.69 Å². The van der Waals surface area contributed by atoms with Crippen molar-refractivity contribution < 1.29 is 0 Å². The number of hydrazone groups is 1. The zero-order valence-corrected chi connectivity index (χ0v) is 11.1. The Morgan fingerprint density at radius 1 is 1.05 bits per heavy atom. The highest BCUT2D eigenvalue weighted by Crippen LogP contribution is 2.13. The normalized spacial score (nSPS) is 9.62. The summed E-state index contributed by atoms with van der Waals surface area (Å²) < 4.78 is 0. The van der Waals surface area contributed by atoms with E-state index >= 15 is 0 Å². The molecule has 0 aliphatic rings. The third-order valence-electron chi connectivity index (χ3n) is 2.57. The number of hydrogen-bond donors (Lipinski definition) is 1. The molecule has 0 fully saturated rings. The Bertz CT molecular complexity index is 732. The lowest BCUT2D eigenvalue weighted by Crippen LogP contribution is -1.96. The minimum absolute atomic E-state index is 0.215. The van der Waals surface area contributed by atoms with Gasteiger partial charge >= 0.3 is 0 Å². The predicted octanol–water partition coefficient (Wildman–Crippen LogP) is 3.07. The Morgan fingerprint density at radius 3 is 2.48 bits per heavy atom. The maximum atomic E-state index is 8.61. The molecule has 0 saturated carbocycles. The summed E-state index contributed by atoms with van der Waals surface area (Å²) in [5, 5.41) is 20.9. The molecule has 5 heteroatoms. The Labute approximate surface area is 122 Å². The van der Waals surface area contributed by atoms with E-state index in [2.05, 4.69) is 15.5 Å². The van der Waals surface area contributed by atoms with E-state index in [-0.39, 0.29) is 5.71 Å². The number of nitrogens with zero attached hydrogens (tertiary/aromatic N) is 4. The van der Waals surface area contributed by atoms with Crippen molar-refractivity contribution in [1.82, 2.24) is 4.98 Å². The Morgan fingerprint density at radius 2 is 1.76 bits per heavy atom. The first-order valence-electron chi connectivity index (χ1n) is 6.14. The van der Waals surface area contributed by atoms with Gasteiger partial charge in [0.05, 0.1) is 5.69 Å². The molecule has 0 radical (unpaired) electrons. The van der Waals surface area contributed by atoms with Crippen LogP contribution < -0.4 is 5.43 Å². The summed E-state index contributed by atoms with van der Waals surface area (Å²) in [5.41, 5.74) is 5.20. The van der Waals surface area contributed by atoms with Gasteiger partial charge in [-0.2, -0.15) is 15.6 Å². The summed E-state index contributed by atoms with van der Waals surface area (Å²) in [7, 11) is 0. The number of pyridine rings is 1. The van der Waals surface area contributed by atoms with Gasteiger partial charge in [-0.15, -0.1) is 0 Å². The van der Waals surface area contributed by atoms with Crippen LogP contribution in [0.5, 0.6) is 0 Å². The van der Waals surface area contributed by atoms with Crippen LogP contribution in [-0.2, 0) is 0 Å². The minimum atomic E-state index is -0.215. The van der Waals surface area contributed by atoms with Crippen LogP contribution in [0.25, 0.3) is 12.2 Å². The van der Waals surface area contributed by atoms with Crippen LogP contribution in [0.1, 0.15) is 11.1 Å². The highest BCUT2D eigenvalue weighted by molar-refractivity contribution is 6.10.